The normalized spacial score (nSPS) is 13.4. The van der Waals surface area contributed by atoms with Gasteiger partial charge in [0.15, 0.2) is 0 Å². The fourth-order valence-corrected chi connectivity index (χ4v) is 1.90. The summed E-state index contributed by atoms with van der Waals surface area (Å²) in [6.45, 7) is 8.60. The van der Waals surface area contributed by atoms with Crippen molar-refractivity contribution in [2.45, 2.75) is 40.3 Å². The monoisotopic (exact) mass is 253 g/mol. The number of carbonyl (C=O) groups excluding carboxylic acids is 1. The van der Waals surface area contributed by atoms with Crippen molar-refractivity contribution < 1.29 is 9.53 Å². The molecule has 1 rings (SSSR count). The first kappa shape index (κ1) is 14.7. The summed E-state index contributed by atoms with van der Waals surface area (Å²) in [5.74, 6) is -0.232. The Hall–Kier alpha value is -1.36. The van der Waals surface area contributed by atoms with E-state index in [-0.39, 0.29) is 17.4 Å². The molecule has 0 spiro atoms. The molecule has 1 N–H and O–H groups in total. The number of aromatic nitrogens is 2. The summed E-state index contributed by atoms with van der Waals surface area (Å²) >= 11 is 0. The van der Waals surface area contributed by atoms with Gasteiger partial charge >= 0.3 is 5.97 Å². The SMILES string of the molecule is COC(=O)[C@@H](NCc1cn(C)nc1C)C(C)(C)C. The van der Waals surface area contributed by atoms with E-state index >= 15 is 0 Å². The van der Waals surface area contributed by atoms with Crippen molar-refractivity contribution in [3.8, 4) is 0 Å². The molecule has 0 radical (unpaired) electrons. The molecule has 102 valence electrons. The summed E-state index contributed by atoms with van der Waals surface area (Å²) in [7, 11) is 3.30. The molecule has 18 heavy (non-hydrogen) atoms. The van der Waals surface area contributed by atoms with Crippen LogP contribution in [0, 0.1) is 12.3 Å². The predicted octanol–water partition coefficient (Wildman–Crippen LogP) is 1.41. The molecule has 0 amide bonds. The van der Waals surface area contributed by atoms with E-state index in [0.29, 0.717) is 6.54 Å². The number of aryl methyl sites for hydroxylation is 2. The molecule has 5 heteroatoms. The van der Waals surface area contributed by atoms with E-state index in [9.17, 15) is 4.79 Å². The van der Waals surface area contributed by atoms with Crippen molar-refractivity contribution in [3.05, 3.63) is 17.5 Å². The minimum absolute atomic E-state index is 0.191. The average molecular weight is 253 g/mol. The van der Waals surface area contributed by atoms with E-state index in [2.05, 4.69) is 10.4 Å². The molecule has 0 saturated heterocycles. The van der Waals surface area contributed by atoms with Crippen molar-refractivity contribution in [1.29, 1.82) is 0 Å². The number of nitrogens with one attached hydrogen (secondary N) is 1. The topological polar surface area (TPSA) is 56.1 Å². The van der Waals surface area contributed by atoms with Crippen LogP contribution in [0.2, 0.25) is 0 Å². The summed E-state index contributed by atoms with van der Waals surface area (Å²) in [6.07, 6.45) is 1.96. The van der Waals surface area contributed by atoms with Crippen LogP contribution in [0.3, 0.4) is 0 Å². The van der Waals surface area contributed by atoms with E-state index < -0.39 is 0 Å². The maximum Gasteiger partial charge on any atom is 0.323 e. The lowest BCUT2D eigenvalue weighted by atomic mass is 9.86. The van der Waals surface area contributed by atoms with Crippen molar-refractivity contribution in [1.82, 2.24) is 15.1 Å². The van der Waals surface area contributed by atoms with Gasteiger partial charge in [0.05, 0.1) is 12.8 Å². The Morgan fingerprint density at radius 1 is 1.56 bits per heavy atom. The number of hydrogen-bond acceptors (Lipinski definition) is 4. The highest BCUT2D eigenvalue weighted by molar-refractivity contribution is 5.76. The predicted molar refractivity (Wildman–Crippen MR) is 70.0 cm³/mol. The maximum absolute atomic E-state index is 11.8. The van der Waals surface area contributed by atoms with Crippen LogP contribution in [0.25, 0.3) is 0 Å². The molecule has 0 aromatic carbocycles. The molecule has 0 fully saturated rings. The first-order valence-electron chi connectivity index (χ1n) is 6.06. The van der Waals surface area contributed by atoms with Crippen LogP contribution in [-0.2, 0) is 23.1 Å². The Labute approximate surface area is 109 Å². The average Bonchev–Trinajstić information content (AvgIpc) is 2.55. The fraction of sp³-hybridized carbons (Fsp3) is 0.692. The highest BCUT2D eigenvalue weighted by Gasteiger charge is 2.31. The molecule has 0 saturated carbocycles. The van der Waals surface area contributed by atoms with Gasteiger partial charge in [-0.3, -0.25) is 14.8 Å². The third kappa shape index (κ3) is 3.57. The molecule has 1 aromatic rings. The molecule has 0 aliphatic rings. The molecule has 1 aromatic heterocycles. The van der Waals surface area contributed by atoms with Crippen LogP contribution in [0.15, 0.2) is 6.20 Å². The molecule has 0 bridgehead atoms. The van der Waals surface area contributed by atoms with E-state index in [4.69, 9.17) is 4.74 Å². The Kier molecular flexibility index (Phi) is 4.51. The molecule has 1 heterocycles. The van der Waals surface area contributed by atoms with Gasteiger partial charge in [-0.15, -0.1) is 0 Å². The number of hydrogen-bond donors (Lipinski definition) is 1. The molecular formula is C13H23N3O2. The zero-order chi connectivity index (χ0) is 13.9. The summed E-state index contributed by atoms with van der Waals surface area (Å²) < 4.78 is 6.61. The van der Waals surface area contributed by atoms with Crippen LogP contribution in [0.5, 0.6) is 0 Å². The Morgan fingerprint density at radius 3 is 2.56 bits per heavy atom. The summed E-state index contributed by atoms with van der Waals surface area (Å²) in [5.41, 5.74) is 1.88. The van der Waals surface area contributed by atoms with E-state index in [1.165, 1.54) is 7.11 Å². The van der Waals surface area contributed by atoms with Crippen LogP contribution in [-0.4, -0.2) is 28.9 Å². The number of methoxy groups -OCH3 is 1. The van der Waals surface area contributed by atoms with Crippen molar-refractivity contribution in [3.63, 3.8) is 0 Å². The Balaban J connectivity index is 2.74. The summed E-state index contributed by atoms with van der Waals surface area (Å²) in [4.78, 5) is 11.8. The zero-order valence-corrected chi connectivity index (χ0v) is 12.1. The number of nitrogens with zero attached hydrogens (tertiary/aromatic N) is 2. The van der Waals surface area contributed by atoms with Gasteiger partial charge in [-0.2, -0.15) is 5.10 Å². The van der Waals surface area contributed by atoms with Crippen LogP contribution in [0.1, 0.15) is 32.0 Å². The summed E-state index contributed by atoms with van der Waals surface area (Å²) in [6, 6.07) is -0.331. The highest BCUT2D eigenvalue weighted by Crippen LogP contribution is 2.21. The van der Waals surface area contributed by atoms with Crippen LogP contribution < -0.4 is 5.32 Å². The molecule has 0 aliphatic carbocycles. The third-order valence-electron chi connectivity index (χ3n) is 2.91. The van der Waals surface area contributed by atoms with Crippen LogP contribution >= 0.6 is 0 Å². The van der Waals surface area contributed by atoms with E-state index in [1.54, 1.807) is 4.68 Å². The second-order valence-electron chi connectivity index (χ2n) is 5.62. The smallest absolute Gasteiger partial charge is 0.323 e. The van der Waals surface area contributed by atoms with Gasteiger partial charge < -0.3 is 4.74 Å². The zero-order valence-electron chi connectivity index (χ0n) is 12.1. The number of ether oxygens (including phenoxy) is 1. The van der Waals surface area contributed by atoms with Gasteiger partial charge in [-0.25, -0.2) is 0 Å². The van der Waals surface area contributed by atoms with Gasteiger partial charge in [-0.05, 0) is 12.3 Å². The van der Waals surface area contributed by atoms with Gasteiger partial charge in [0.25, 0.3) is 0 Å². The number of rotatable bonds is 4. The number of carbonyl (C=O) groups is 1. The fourth-order valence-electron chi connectivity index (χ4n) is 1.90. The molecule has 0 unspecified atom stereocenters. The van der Waals surface area contributed by atoms with E-state index in [0.717, 1.165) is 11.3 Å². The van der Waals surface area contributed by atoms with Gasteiger partial charge in [0.1, 0.15) is 6.04 Å². The second kappa shape index (κ2) is 5.52. The minimum Gasteiger partial charge on any atom is -0.468 e. The molecule has 5 nitrogen and oxygen atoms in total. The molecule has 0 aliphatic heterocycles. The van der Waals surface area contributed by atoms with E-state index in [1.807, 2.05) is 40.9 Å². The van der Waals surface area contributed by atoms with Gasteiger partial charge in [-0.1, -0.05) is 20.8 Å². The standard InChI is InChI=1S/C13H23N3O2/c1-9-10(8-16(5)15-9)7-14-11(12(17)18-6)13(2,3)4/h8,11,14H,7H2,1-6H3/t11-/m1/s1. The van der Waals surface area contributed by atoms with Gasteiger partial charge in [0.2, 0.25) is 0 Å². The molecular weight excluding hydrogens is 230 g/mol. The minimum atomic E-state index is -0.331. The Bertz CT molecular complexity index is 418. The van der Waals surface area contributed by atoms with Crippen LogP contribution in [0.4, 0.5) is 0 Å². The lowest BCUT2D eigenvalue weighted by Gasteiger charge is -2.29. The highest BCUT2D eigenvalue weighted by atomic mass is 16.5. The maximum atomic E-state index is 11.8. The lowest BCUT2D eigenvalue weighted by molar-refractivity contribution is -0.146. The quantitative estimate of drug-likeness (QED) is 0.824. The third-order valence-corrected chi connectivity index (χ3v) is 2.91. The van der Waals surface area contributed by atoms with Gasteiger partial charge in [0, 0.05) is 25.4 Å². The second-order valence-corrected chi connectivity index (χ2v) is 5.62. The largest absolute Gasteiger partial charge is 0.468 e. The van der Waals surface area contributed by atoms with Crippen molar-refractivity contribution in [2.75, 3.05) is 7.11 Å². The lowest BCUT2D eigenvalue weighted by Crippen LogP contribution is -2.46. The first-order chi connectivity index (χ1) is 8.25. The first-order valence-corrected chi connectivity index (χ1v) is 6.06. The Morgan fingerprint density at radius 2 is 2.17 bits per heavy atom. The van der Waals surface area contributed by atoms with Crippen molar-refractivity contribution >= 4 is 5.97 Å². The molecule has 1 atom stereocenters. The summed E-state index contributed by atoms with van der Waals surface area (Å²) in [5, 5.41) is 7.53. The van der Waals surface area contributed by atoms with Crippen molar-refractivity contribution in [2.24, 2.45) is 12.5 Å². The number of esters is 1.